The van der Waals surface area contributed by atoms with Crippen LogP contribution >= 0.6 is 0 Å². The number of hydrogen-bond donors (Lipinski definition) is 1. The van der Waals surface area contributed by atoms with Crippen LogP contribution in [0, 0.1) is 11.3 Å². The number of nitrogens with zero attached hydrogens (tertiary/aromatic N) is 2. The maximum absolute atomic E-state index is 13.2. The van der Waals surface area contributed by atoms with E-state index in [2.05, 4.69) is 10.2 Å². The fourth-order valence-corrected chi connectivity index (χ4v) is 3.36. The number of amides is 1. The van der Waals surface area contributed by atoms with E-state index in [0.717, 1.165) is 30.8 Å². The first-order valence-corrected chi connectivity index (χ1v) is 9.88. The van der Waals surface area contributed by atoms with Crippen LogP contribution in [0.5, 0.6) is 5.75 Å². The number of alkyl halides is 3. The molecule has 1 amide bonds. The van der Waals surface area contributed by atoms with Gasteiger partial charge in [-0.25, -0.2) is 0 Å². The molecular formula is C23H22F3N3O3. The van der Waals surface area contributed by atoms with Gasteiger partial charge >= 0.3 is 6.18 Å². The van der Waals surface area contributed by atoms with Crippen molar-refractivity contribution in [2.45, 2.75) is 12.7 Å². The third kappa shape index (κ3) is 5.87. The van der Waals surface area contributed by atoms with Crippen LogP contribution in [0.25, 0.3) is 6.08 Å². The summed E-state index contributed by atoms with van der Waals surface area (Å²) >= 11 is 0. The minimum Gasteiger partial charge on any atom is -0.496 e. The molecule has 32 heavy (non-hydrogen) atoms. The van der Waals surface area contributed by atoms with Gasteiger partial charge in [0, 0.05) is 25.2 Å². The highest BCUT2D eigenvalue weighted by Gasteiger charge is 2.33. The van der Waals surface area contributed by atoms with Gasteiger partial charge in [-0.1, -0.05) is 18.2 Å². The summed E-state index contributed by atoms with van der Waals surface area (Å²) < 4.78 is 50.3. The lowest BCUT2D eigenvalue weighted by Gasteiger charge is -2.27. The molecule has 9 heteroatoms. The molecule has 0 spiro atoms. The summed E-state index contributed by atoms with van der Waals surface area (Å²) in [5.41, 5.74) is -0.283. The van der Waals surface area contributed by atoms with Crippen LogP contribution < -0.4 is 10.1 Å². The molecule has 1 fully saturated rings. The van der Waals surface area contributed by atoms with Gasteiger partial charge in [-0.15, -0.1) is 0 Å². The zero-order chi connectivity index (χ0) is 23.1. The number of nitrogens with one attached hydrogen (secondary N) is 1. The van der Waals surface area contributed by atoms with Gasteiger partial charge in [-0.3, -0.25) is 9.69 Å². The SMILES string of the molecule is COc1ccc(/C=C(\C#N)C(=O)Nc2ccccc2C(F)(F)F)cc1CN1CCOCC1. The highest BCUT2D eigenvalue weighted by atomic mass is 19.4. The van der Waals surface area contributed by atoms with Gasteiger partial charge in [0.1, 0.15) is 17.4 Å². The molecule has 2 aromatic rings. The van der Waals surface area contributed by atoms with E-state index in [9.17, 15) is 23.2 Å². The van der Waals surface area contributed by atoms with Crippen LogP contribution in [-0.2, 0) is 22.3 Å². The predicted octanol–water partition coefficient (Wildman–Crippen LogP) is 4.09. The smallest absolute Gasteiger partial charge is 0.418 e. The van der Waals surface area contributed by atoms with E-state index in [4.69, 9.17) is 9.47 Å². The average molecular weight is 445 g/mol. The molecule has 1 aliphatic rings. The normalized spacial score (nSPS) is 15.2. The lowest BCUT2D eigenvalue weighted by atomic mass is 10.1. The molecule has 0 bridgehead atoms. The molecule has 3 rings (SSSR count). The Kier molecular flexibility index (Phi) is 7.51. The second-order valence-electron chi connectivity index (χ2n) is 7.13. The first-order chi connectivity index (χ1) is 15.3. The fraction of sp³-hybridized carbons (Fsp3) is 0.304. The standard InChI is InChI=1S/C23H22F3N3O3/c1-31-21-7-6-16(13-18(21)15-29-8-10-32-11-9-29)12-17(14-27)22(30)28-20-5-3-2-4-19(20)23(24,25)26/h2-7,12-13H,8-11,15H2,1H3,(H,28,30)/b17-12+. The van der Waals surface area contributed by atoms with E-state index in [1.807, 2.05) is 0 Å². The Morgan fingerprint density at radius 2 is 1.97 bits per heavy atom. The van der Waals surface area contributed by atoms with Crippen molar-refractivity contribution < 1.29 is 27.4 Å². The van der Waals surface area contributed by atoms with Crippen LogP contribution in [-0.4, -0.2) is 44.2 Å². The molecular weight excluding hydrogens is 423 g/mol. The second kappa shape index (κ2) is 10.3. The van der Waals surface area contributed by atoms with Crippen molar-refractivity contribution in [1.82, 2.24) is 4.90 Å². The molecule has 1 N–H and O–H groups in total. The first kappa shape index (κ1) is 23.3. The van der Waals surface area contributed by atoms with Crippen molar-refractivity contribution in [2.24, 2.45) is 0 Å². The lowest BCUT2D eigenvalue weighted by molar-refractivity contribution is -0.137. The number of nitriles is 1. The van der Waals surface area contributed by atoms with Gasteiger partial charge < -0.3 is 14.8 Å². The summed E-state index contributed by atoms with van der Waals surface area (Å²) in [4.78, 5) is 14.7. The Hall–Kier alpha value is -3.35. The number of halogens is 3. The number of anilines is 1. The number of carbonyl (C=O) groups is 1. The topological polar surface area (TPSA) is 74.6 Å². The summed E-state index contributed by atoms with van der Waals surface area (Å²) in [7, 11) is 1.56. The second-order valence-corrected chi connectivity index (χ2v) is 7.13. The molecule has 0 aliphatic carbocycles. The summed E-state index contributed by atoms with van der Waals surface area (Å²) in [5.74, 6) is -0.259. The predicted molar refractivity (Wildman–Crippen MR) is 113 cm³/mol. The number of rotatable bonds is 6. The Morgan fingerprint density at radius 3 is 2.62 bits per heavy atom. The number of ether oxygens (including phenoxy) is 2. The van der Waals surface area contributed by atoms with Crippen molar-refractivity contribution in [2.75, 3.05) is 38.7 Å². The molecule has 0 saturated carbocycles. The maximum atomic E-state index is 13.2. The van der Waals surface area contributed by atoms with Gasteiger partial charge in [-0.05, 0) is 35.9 Å². The van der Waals surface area contributed by atoms with Gasteiger partial charge in [-0.2, -0.15) is 18.4 Å². The summed E-state index contributed by atoms with van der Waals surface area (Å²) in [5, 5.41) is 11.6. The Labute approximate surface area is 183 Å². The van der Waals surface area contributed by atoms with Gasteiger partial charge in [0.05, 0.1) is 31.6 Å². The minimum atomic E-state index is -4.63. The number of methoxy groups -OCH3 is 1. The molecule has 1 aliphatic heterocycles. The highest BCUT2D eigenvalue weighted by molar-refractivity contribution is 6.10. The fourth-order valence-electron chi connectivity index (χ4n) is 3.36. The average Bonchev–Trinajstić information content (AvgIpc) is 2.78. The largest absolute Gasteiger partial charge is 0.496 e. The molecule has 6 nitrogen and oxygen atoms in total. The van der Waals surface area contributed by atoms with E-state index >= 15 is 0 Å². The van der Waals surface area contributed by atoms with Crippen LogP contribution in [0.2, 0.25) is 0 Å². The van der Waals surface area contributed by atoms with Gasteiger partial charge in [0.15, 0.2) is 0 Å². The van der Waals surface area contributed by atoms with Crippen LogP contribution in [0.3, 0.4) is 0 Å². The molecule has 0 radical (unpaired) electrons. The highest BCUT2D eigenvalue weighted by Crippen LogP contribution is 2.34. The van der Waals surface area contributed by atoms with E-state index < -0.39 is 23.3 Å². The number of morpholine rings is 1. The van der Waals surface area contributed by atoms with E-state index in [1.54, 1.807) is 31.4 Å². The monoisotopic (exact) mass is 445 g/mol. The number of carbonyl (C=O) groups excluding carboxylic acids is 1. The number of benzene rings is 2. The van der Waals surface area contributed by atoms with Gasteiger partial charge in [0.25, 0.3) is 5.91 Å². The first-order valence-electron chi connectivity index (χ1n) is 9.88. The van der Waals surface area contributed by atoms with Crippen molar-refractivity contribution in [3.8, 4) is 11.8 Å². The van der Waals surface area contributed by atoms with Crippen molar-refractivity contribution in [3.63, 3.8) is 0 Å². The molecule has 1 saturated heterocycles. The zero-order valence-electron chi connectivity index (χ0n) is 17.4. The molecule has 0 atom stereocenters. The van der Waals surface area contributed by atoms with Crippen molar-refractivity contribution >= 4 is 17.7 Å². The van der Waals surface area contributed by atoms with Crippen LogP contribution in [0.1, 0.15) is 16.7 Å². The van der Waals surface area contributed by atoms with Crippen LogP contribution in [0.4, 0.5) is 18.9 Å². The van der Waals surface area contributed by atoms with Crippen LogP contribution in [0.15, 0.2) is 48.0 Å². The zero-order valence-corrected chi connectivity index (χ0v) is 17.4. The van der Waals surface area contributed by atoms with Crippen molar-refractivity contribution in [1.29, 1.82) is 5.26 Å². The van der Waals surface area contributed by atoms with E-state index in [-0.39, 0.29) is 5.57 Å². The lowest BCUT2D eigenvalue weighted by Crippen LogP contribution is -2.35. The Morgan fingerprint density at radius 1 is 1.25 bits per heavy atom. The molecule has 0 unspecified atom stereocenters. The molecule has 1 heterocycles. The summed E-state index contributed by atoms with van der Waals surface area (Å²) in [6, 6.07) is 11.6. The quantitative estimate of drug-likeness (QED) is 0.536. The maximum Gasteiger partial charge on any atom is 0.418 e. The van der Waals surface area contributed by atoms with Crippen molar-refractivity contribution in [3.05, 3.63) is 64.7 Å². The minimum absolute atomic E-state index is 0.315. The Bertz CT molecular complexity index is 1040. The third-order valence-electron chi connectivity index (χ3n) is 4.96. The van der Waals surface area contributed by atoms with E-state index in [0.29, 0.717) is 31.1 Å². The molecule has 0 aromatic heterocycles. The third-order valence-corrected chi connectivity index (χ3v) is 4.96. The summed E-state index contributed by atoms with van der Waals surface area (Å²) in [6.45, 7) is 3.42. The van der Waals surface area contributed by atoms with E-state index in [1.165, 1.54) is 18.2 Å². The van der Waals surface area contributed by atoms with Gasteiger partial charge in [0.2, 0.25) is 0 Å². The molecule has 168 valence electrons. The Balaban J connectivity index is 1.84. The summed E-state index contributed by atoms with van der Waals surface area (Å²) in [6.07, 6.45) is -3.29. The number of hydrogen-bond acceptors (Lipinski definition) is 5. The number of para-hydroxylation sites is 1. The molecule has 2 aromatic carbocycles.